The molecule has 0 fully saturated rings. The number of ether oxygens (including phenoxy) is 1. The monoisotopic (exact) mass is 509 g/mol. The van der Waals surface area contributed by atoms with Crippen LogP contribution >= 0.6 is 11.6 Å². The fraction of sp³-hybridized carbons (Fsp3) is 0.417. The van der Waals surface area contributed by atoms with Gasteiger partial charge in [0.2, 0.25) is 21.8 Å². The van der Waals surface area contributed by atoms with Gasteiger partial charge in [0, 0.05) is 18.1 Å². The quantitative estimate of drug-likeness (QED) is 0.442. The van der Waals surface area contributed by atoms with E-state index in [0.29, 0.717) is 17.3 Å². The molecule has 0 heterocycles. The minimum atomic E-state index is -3.80. The fourth-order valence-electron chi connectivity index (χ4n) is 3.33. The van der Waals surface area contributed by atoms with E-state index in [0.717, 1.165) is 29.0 Å². The van der Waals surface area contributed by atoms with Crippen molar-refractivity contribution in [2.24, 2.45) is 0 Å². The highest BCUT2D eigenvalue weighted by Crippen LogP contribution is 2.23. The van der Waals surface area contributed by atoms with Crippen molar-refractivity contribution in [1.29, 1.82) is 0 Å². The Hall–Kier alpha value is -2.78. The number of halogens is 1. The molecule has 2 aromatic rings. The molecule has 2 amide bonds. The van der Waals surface area contributed by atoms with Gasteiger partial charge in [0.1, 0.15) is 18.3 Å². The number of anilines is 1. The van der Waals surface area contributed by atoms with Gasteiger partial charge < -0.3 is 15.0 Å². The van der Waals surface area contributed by atoms with E-state index in [1.54, 1.807) is 50.4 Å². The summed E-state index contributed by atoms with van der Waals surface area (Å²) in [4.78, 5) is 27.6. The Morgan fingerprint density at radius 1 is 1.15 bits per heavy atom. The van der Waals surface area contributed by atoms with Crippen LogP contribution in [0.2, 0.25) is 5.02 Å². The predicted octanol–water partition coefficient (Wildman–Crippen LogP) is 3.45. The Labute approximate surface area is 206 Å². The second-order valence-corrected chi connectivity index (χ2v) is 10.3. The van der Waals surface area contributed by atoms with Gasteiger partial charge in [-0.05, 0) is 49.2 Å². The molecule has 0 radical (unpaired) electrons. The van der Waals surface area contributed by atoms with E-state index in [-0.39, 0.29) is 18.1 Å². The number of amides is 2. The summed E-state index contributed by atoms with van der Waals surface area (Å²) in [5.41, 5.74) is 1.01. The van der Waals surface area contributed by atoms with Crippen molar-refractivity contribution in [2.45, 2.75) is 39.3 Å². The largest absolute Gasteiger partial charge is 0.497 e. The minimum Gasteiger partial charge on any atom is -0.497 e. The lowest BCUT2D eigenvalue weighted by Crippen LogP contribution is -2.51. The van der Waals surface area contributed by atoms with Crippen LogP contribution in [0.5, 0.6) is 5.75 Å². The van der Waals surface area contributed by atoms with Crippen LogP contribution in [0.4, 0.5) is 5.69 Å². The van der Waals surface area contributed by atoms with Gasteiger partial charge in [0.15, 0.2) is 0 Å². The molecule has 34 heavy (non-hydrogen) atoms. The normalized spacial score (nSPS) is 12.0. The topological polar surface area (TPSA) is 96.0 Å². The minimum absolute atomic E-state index is 0.103. The average Bonchev–Trinajstić information content (AvgIpc) is 2.79. The number of benzene rings is 2. The van der Waals surface area contributed by atoms with Gasteiger partial charge >= 0.3 is 0 Å². The first kappa shape index (κ1) is 27.5. The van der Waals surface area contributed by atoms with E-state index in [1.165, 1.54) is 11.0 Å². The zero-order valence-corrected chi connectivity index (χ0v) is 21.5. The van der Waals surface area contributed by atoms with Crippen molar-refractivity contribution in [3.8, 4) is 5.75 Å². The third-order valence-corrected chi connectivity index (χ3v) is 6.63. The predicted molar refractivity (Wildman–Crippen MR) is 135 cm³/mol. The molecule has 0 saturated carbocycles. The fourth-order valence-corrected chi connectivity index (χ4v) is 4.36. The summed E-state index contributed by atoms with van der Waals surface area (Å²) in [5.74, 6) is -0.216. The Bertz CT molecular complexity index is 1090. The lowest BCUT2D eigenvalue weighted by molar-refractivity contribution is -0.139. The zero-order valence-electron chi connectivity index (χ0n) is 20.0. The molecular formula is C24H32ClN3O5S. The van der Waals surface area contributed by atoms with E-state index < -0.39 is 28.5 Å². The van der Waals surface area contributed by atoms with Crippen molar-refractivity contribution in [3.05, 3.63) is 59.1 Å². The molecule has 0 aliphatic carbocycles. The number of hydrogen-bond acceptors (Lipinski definition) is 5. The molecular weight excluding hydrogens is 478 g/mol. The maximum atomic E-state index is 13.5. The average molecular weight is 510 g/mol. The second kappa shape index (κ2) is 12.6. The summed E-state index contributed by atoms with van der Waals surface area (Å²) >= 11 is 6.04. The second-order valence-electron chi connectivity index (χ2n) is 7.94. The molecule has 0 saturated heterocycles. The van der Waals surface area contributed by atoms with Crippen LogP contribution in [0.3, 0.4) is 0 Å². The first-order valence-electron chi connectivity index (χ1n) is 11.0. The molecule has 0 bridgehead atoms. The molecule has 0 aliphatic heterocycles. The van der Waals surface area contributed by atoms with Gasteiger partial charge in [0.05, 0.1) is 19.1 Å². The Morgan fingerprint density at radius 3 is 2.47 bits per heavy atom. The number of sulfonamides is 1. The highest BCUT2D eigenvalue weighted by Gasteiger charge is 2.30. The highest BCUT2D eigenvalue weighted by atomic mass is 35.5. The summed E-state index contributed by atoms with van der Waals surface area (Å²) in [6, 6.07) is 12.6. The molecule has 10 heteroatoms. The summed E-state index contributed by atoms with van der Waals surface area (Å²) in [5, 5.41) is 3.19. The highest BCUT2D eigenvalue weighted by molar-refractivity contribution is 7.92. The first-order chi connectivity index (χ1) is 16.1. The van der Waals surface area contributed by atoms with Crippen molar-refractivity contribution in [3.63, 3.8) is 0 Å². The Morgan fingerprint density at radius 2 is 1.85 bits per heavy atom. The summed E-state index contributed by atoms with van der Waals surface area (Å²) in [7, 11) is -2.26. The van der Waals surface area contributed by atoms with Crippen LogP contribution in [-0.4, -0.2) is 57.6 Å². The lowest BCUT2D eigenvalue weighted by atomic mass is 10.1. The van der Waals surface area contributed by atoms with Gasteiger partial charge in [-0.1, -0.05) is 43.1 Å². The molecule has 186 valence electrons. The SMILES string of the molecule is CCCCNC(=O)C(C)N(Cc1cccc(OC)c1)C(=O)CN(c1cccc(Cl)c1)S(C)(=O)=O. The smallest absolute Gasteiger partial charge is 0.244 e. The van der Waals surface area contributed by atoms with Gasteiger partial charge in [-0.3, -0.25) is 13.9 Å². The van der Waals surface area contributed by atoms with Crippen LogP contribution in [-0.2, 0) is 26.2 Å². The maximum Gasteiger partial charge on any atom is 0.244 e. The molecule has 1 atom stereocenters. The summed E-state index contributed by atoms with van der Waals surface area (Å²) < 4.78 is 31.3. The number of methoxy groups -OCH3 is 1. The number of rotatable bonds is 12. The number of carbonyl (C=O) groups is 2. The number of carbonyl (C=O) groups excluding carboxylic acids is 2. The molecule has 8 nitrogen and oxygen atoms in total. The Kier molecular flexibility index (Phi) is 10.2. The standard InChI is InChI=1S/C24H32ClN3O5S/c1-5-6-13-26-24(30)18(2)27(16-19-9-7-12-22(14-19)33-3)23(29)17-28(34(4,31)32)21-11-8-10-20(25)15-21/h7-12,14-15,18H,5-6,13,16-17H2,1-4H3,(H,26,30). The van der Waals surface area contributed by atoms with Crippen LogP contribution < -0.4 is 14.4 Å². The number of nitrogens with one attached hydrogen (secondary N) is 1. The summed E-state index contributed by atoms with van der Waals surface area (Å²) in [6.45, 7) is 3.77. The molecule has 2 rings (SSSR count). The van der Waals surface area contributed by atoms with Crippen molar-refractivity contribution < 1.29 is 22.7 Å². The van der Waals surface area contributed by atoms with Crippen LogP contribution in [0.25, 0.3) is 0 Å². The molecule has 2 aromatic carbocycles. The first-order valence-corrected chi connectivity index (χ1v) is 13.2. The van der Waals surface area contributed by atoms with Gasteiger partial charge in [-0.15, -0.1) is 0 Å². The lowest BCUT2D eigenvalue weighted by Gasteiger charge is -2.31. The van der Waals surface area contributed by atoms with E-state index in [4.69, 9.17) is 16.3 Å². The van der Waals surface area contributed by atoms with Crippen LogP contribution in [0.15, 0.2) is 48.5 Å². The van der Waals surface area contributed by atoms with E-state index in [1.807, 2.05) is 13.0 Å². The van der Waals surface area contributed by atoms with E-state index in [2.05, 4.69) is 5.32 Å². The third kappa shape index (κ3) is 7.92. The molecule has 0 aromatic heterocycles. The molecule has 0 aliphatic rings. The van der Waals surface area contributed by atoms with Crippen LogP contribution in [0.1, 0.15) is 32.3 Å². The van der Waals surface area contributed by atoms with Crippen molar-refractivity contribution in [1.82, 2.24) is 10.2 Å². The van der Waals surface area contributed by atoms with Crippen molar-refractivity contribution >= 4 is 39.1 Å². The number of nitrogens with zero attached hydrogens (tertiary/aromatic N) is 2. The van der Waals surface area contributed by atoms with Gasteiger partial charge in [-0.2, -0.15) is 0 Å². The molecule has 0 spiro atoms. The van der Waals surface area contributed by atoms with Crippen molar-refractivity contribution in [2.75, 3.05) is 30.8 Å². The Balaban J connectivity index is 2.36. The third-order valence-electron chi connectivity index (χ3n) is 5.26. The maximum absolute atomic E-state index is 13.5. The van der Waals surface area contributed by atoms with Gasteiger partial charge in [-0.25, -0.2) is 8.42 Å². The van der Waals surface area contributed by atoms with E-state index >= 15 is 0 Å². The van der Waals surface area contributed by atoms with E-state index in [9.17, 15) is 18.0 Å². The number of hydrogen-bond donors (Lipinski definition) is 1. The molecule has 1 N–H and O–H groups in total. The van der Waals surface area contributed by atoms with Gasteiger partial charge in [0.25, 0.3) is 0 Å². The zero-order chi connectivity index (χ0) is 25.3. The van der Waals surface area contributed by atoms with Crippen LogP contribution in [0, 0.1) is 0 Å². The summed E-state index contributed by atoms with van der Waals surface area (Å²) in [6.07, 6.45) is 2.76. The molecule has 1 unspecified atom stereocenters. The number of unbranched alkanes of at least 4 members (excludes halogenated alkanes) is 1.